The minimum Gasteiger partial charge on any atom is -0.346 e. The molecule has 0 amide bonds. The monoisotopic (exact) mass is 309 g/mol. The molecule has 1 aliphatic carbocycles. The molecule has 24 heavy (non-hydrogen) atoms. The number of nitrogens with one attached hydrogen (secondary N) is 1. The third-order valence-corrected chi connectivity index (χ3v) is 4.69. The van der Waals surface area contributed by atoms with Gasteiger partial charge in [0.15, 0.2) is 0 Å². The number of hydrogen-bond donors (Lipinski definition) is 1. The fraction of sp³-hybridized carbons (Fsp3) is 0.0476. The van der Waals surface area contributed by atoms with Gasteiger partial charge in [-0.15, -0.1) is 0 Å². The SMILES string of the molecule is C1=NC2C(=C(c3cccnc3)N1)c1ccccc1-c1ccccc12. The quantitative estimate of drug-likeness (QED) is 0.727. The second kappa shape index (κ2) is 5.17. The van der Waals surface area contributed by atoms with Gasteiger partial charge in [-0.2, -0.15) is 0 Å². The van der Waals surface area contributed by atoms with Crippen molar-refractivity contribution in [3.8, 4) is 11.1 Å². The Bertz CT molecular complexity index is 987. The van der Waals surface area contributed by atoms with Gasteiger partial charge in [-0.05, 0) is 34.4 Å². The largest absolute Gasteiger partial charge is 0.346 e. The van der Waals surface area contributed by atoms with E-state index < -0.39 is 0 Å². The molecule has 3 nitrogen and oxygen atoms in total. The van der Waals surface area contributed by atoms with E-state index in [1.165, 1.54) is 27.8 Å². The van der Waals surface area contributed by atoms with Crippen molar-refractivity contribution >= 4 is 17.6 Å². The van der Waals surface area contributed by atoms with E-state index in [9.17, 15) is 0 Å². The number of aromatic nitrogens is 1. The first-order chi connectivity index (χ1) is 11.9. The lowest BCUT2D eigenvalue weighted by atomic mass is 9.77. The van der Waals surface area contributed by atoms with Gasteiger partial charge in [-0.1, -0.05) is 48.5 Å². The minimum absolute atomic E-state index is 0.0209. The second-order valence-electron chi connectivity index (χ2n) is 5.99. The average molecular weight is 309 g/mol. The Balaban J connectivity index is 1.86. The van der Waals surface area contributed by atoms with Crippen LogP contribution in [0.15, 0.2) is 78.0 Å². The molecule has 0 saturated carbocycles. The molecule has 1 unspecified atom stereocenters. The lowest BCUT2D eigenvalue weighted by Gasteiger charge is -2.32. The molecule has 114 valence electrons. The van der Waals surface area contributed by atoms with Crippen LogP contribution in [0.25, 0.3) is 22.4 Å². The first-order valence-electron chi connectivity index (χ1n) is 8.05. The summed E-state index contributed by atoms with van der Waals surface area (Å²) >= 11 is 0. The molecule has 2 heterocycles. The predicted molar refractivity (Wildman–Crippen MR) is 97.3 cm³/mol. The molecule has 2 aromatic carbocycles. The highest BCUT2D eigenvalue weighted by Crippen LogP contribution is 2.49. The van der Waals surface area contributed by atoms with Gasteiger partial charge >= 0.3 is 0 Å². The van der Waals surface area contributed by atoms with Crippen LogP contribution in [0.3, 0.4) is 0 Å². The molecule has 1 aromatic heterocycles. The Kier molecular flexibility index (Phi) is 2.85. The standard InChI is InChI=1S/C21H15N3/c1-3-9-17-15(7-1)16-8-2-4-10-18(16)21-19(17)20(23-13-24-21)14-6-5-11-22-12-14/h1-13,21H,(H,23,24). The summed E-state index contributed by atoms with van der Waals surface area (Å²) < 4.78 is 0. The summed E-state index contributed by atoms with van der Waals surface area (Å²) in [4.78, 5) is 9.03. The zero-order chi connectivity index (χ0) is 15.9. The molecule has 0 saturated heterocycles. The first-order valence-corrected chi connectivity index (χ1v) is 8.05. The maximum atomic E-state index is 4.75. The molecule has 1 aliphatic heterocycles. The summed E-state index contributed by atoms with van der Waals surface area (Å²) in [5.74, 6) is 0. The van der Waals surface area contributed by atoms with Gasteiger partial charge in [0.2, 0.25) is 0 Å². The van der Waals surface area contributed by atoms with Crippen LogP contribution >= 0.6 is 0 Å². The van der Waals surface area contributed by atoms with E-state index >= 15 is 0 Å². The average Bonchev–Trinajstić information content (AvgIpc) is 2.68. The van der Waals surface area contributed by atoms with E-state index in [1.54, 1.807) is 12.5 Å². The molecule has 3 aromatic rings. The number of pyridine rings is 1. The van der Waals surface area contributed by atoms with Crippen LogP contribution in [0.5, 0.6) is 0 Å². The molecular formula is C21H15N3. The molecule has 0 bridgehead atoms. The van der Waals surface area contributed by atoms with E-state index in [0.717, 1.165) is 11.3 Å². The summed E-state index contributed by atoms with van der Waals surface area (Å²) in [5.41, 5.74) is 8.42. The van der Waals surface area contributed by atoms with Crippen molar-refractivity contribution in [2.75, 3.05) is 0 Å². The van der Waals surface area contributed by atoms with Gasteiger partial charge in [-0.25, -0.2) is 0 Å². The molecule has 1 N–H and O–H groups in total. The Labute approximate surface area is 140 Å². The van der Waals surface area contributed by atoms with E-state index in [4.69, 9.17) is 4.99 Å². The van der Waals surface area contributed by atoms with E-state index in [-0.39, 0.29) is 6.04 Å². The van der Waals surface area contributed by atoms with Crippen LogP contribution in [-0.2, 0) is 0 Å². The summed E-state index contributed by atoms with van der Waals surface area (Å²) in [6.07, 6.45) is 5.50. The Hall–Kier alpha value is -3.20. The maximum absolute atomic E-state index is 4.75. The first kappa shape index (κ1) is 13.3. The lowest BCUT2D eigenvalue weighted by molar-refractivity contribution is 0.905. The molecule has 0 spiro atoms. The van der Waals surface area contributed by atoms with E-state index in [1.807, 2.05) is 12.3 Å². The van der Waals surface area contributed by atoms with Crippen molar-refractivity contribution in [3.63, 3.8) is 0 Å². The van der Waals surface area contributed by atoms with Crippen LogP contribution in [0.2, 0.25) is 0 Å². The predicted octanol–water partition coefficient (Wildman–Crippen LogP) is 4.30. The lowest BCUT2D eigenvalue weighted by Crippen LogP contribution is -2.22. The topological polar surface area (TPSA) is 37.3 Å². The fourth-order valence-corrected chi connectivity index (χ4v) is 3.67. The zero-order valence-electron chi connectivity index (χ0n) is 13.0. The molecule has 0 radical (unpaired) electrons. The third-order valence-electron chi connectivity index (χ3n) is 4.69. The summed E-state index contributed by atoms with van der Waals surface area (Å²) in [6.45, 7) is 0. The highest BCUT2D eigenvalue weighted by atomic mass is 15.0. The second-order valence-corrected chi connectivity index (χ2v) is 5.99. The minimum atomic E-state index is 0.0209. The summed E-state index contributed by atoms with van der Waals surface area (Å²) in [7, 11) is 0. The van der Waals surface area contributed by atoms with Crippen molar-refractivity contribution in [3.05, 3.63) is 89.7 Å². The highest BCUT2D eigenvalue weighted by molar-refractivity contribution is 6.04. The van der Waals surface area contributed by atoms with Crippen LogP contribution in [0.4, 0.5) is 0 Å². The Morgan fingerprint density at radius 1 is 0.792 bits per heavy atom. The molecule has 1 atom stereocenters. The van der Waals surface area contributed by atoms with Crippen LogP contribution in [0.1, 0.15) is 22.7 Å². The number of nitrogens with zero attached hydrogens (tertiary/aromatic N) is 2. The van der Waals surface area contributed by atoms with Crippen molar-refractivity contribution in [1.29, 1.82) is 0 Å². The molecular weight excluding hydrogens is 294 g/mol. The van der Waals surface area contributed by atoms with Crippen LogP contribution in [-0.4, -0.2) is 11.3 Å². The zero-order valence-corrected chi connectivity index (χ0v) is 13.0. The van der Waals surface area contributed by atoms with Gasteiger partial charge in [0, 0.05) is 23.5 Å². The molecule has 2 aliphatic rings. The summed E-state index contributed by atoms with van der Waals surface area (Å²) in [5, 5.41) is 3.35. The van der Waals surface area contributed by atoms with Gasteiger partial charge in [0.05, 0.1) is 12.0 Å². The third kappa shape index (κ3) is 1.85. The van der Waals surface area contributed by atoms with Crippen molar-refractivity contribution in [2.45, 2.75) is 6.04 Å². The van der Waals surface area contributed by atoms with E-state index in [0.29, 0.717) is 0 Å². The number of fused-ring (bicyclic) bond motifs is 6. The van der Waals surface area contributed by atoms with Crippen LogP contribution < -0.4 is 5.32 Å². The van der Waals surface area contributed by atoms with Crippen LogP contribution in [0, 0.1) is 0 Å². The fourth-order valence-electron chi connectivity index (χ4n) is 3.67. The normalized spacial score (nSPS) is 17.6. The Morgan fingerprint density at radius 2 is 1.58 bits per heavy atom. The molecule has 3 heteroatoms. The van der Waals surface area contributed by atoms with Gasteiger partial charge < -0.3 is 5.32 Å². The highest BCUT2D eigenvalue weighted by Gasteiger charge is 2.32. The van der Waals surface area contributed by atoms with Crippen molar-refractivity contribution < 1.29 is 0 Å². The number of rotatable bonds is 1. The van der Waals surface area contributed by atoms with E-state index in [2.05, 4.69) is 64.9 Å². The number of hydrogen-bond acceptors (Lipinski definition) is 3. The van der Waals surface area contributed by atoms with Gasteiger partial charge in [0.25, 0.3) is 0 Å². The maximum Gasteiger partial charge on any atom is 0.105 e. The smallest absolute Gasteiger partial charge is 0.105 e. The number of benzene rings is 2. The van der Waals surface area contributed by atoms with Gasteiger partial charge in [-0.3, -0.25) is 9.98 Å². The molecule has 0 fully saturated rings. The summed E-state index contributed by atoms with van der Waals surface area (Å²) in [6, 6.07) is 21.2. The van der Waals surface area contributed by atoms with Gasteiger partial charge in [0.1, 0.15) is 6.04 Å². The number of aliphatic imine (C=N–C) groups is 1. The molecule has 5 rings (SSSR count). The Morgan fingerprint density at radius 3 is 2.42 bits per heavy atom. The van der Waals surface area contributed by atoms with Crippen molar-refractivity contribution in [1.82, 2.24) is 10.3 Å². The van der Waals surface area contributed by atoms with Crippen molar-refractivity contribution in [2.24, 2.45) is 4.99 Å².